The molecule has 0 aliphatic heterocycles. The van der Waals surface area contributed by atoms with Gasteiger partial charge in [0.05, 0.1) is 17.2 Å². The maximum absolute atomic E-state index is 14.6. The molecule has 8 nitrogen and oxygen atoms in total. The number of amides is 2. The van der Waals surface area contributed by atoms with E-state index in [1.165, 1.54) is 17.0 Å². The zero-order chi connectivity index (χ0) is 34.2. The minimum atomic E-state index is -4.19. The van der Waals surface area contributed by atoms with E-state index in [1.807, 2.05) is 96.1 Å². The number of ether oxygens (including phenoxy) is 1. The minimum Gasteiger partial charge on any atom is -0.494 e. The lowest BCUT2D eigenvalue weighted by molar-refractivity contribution is -0.140. The van der Waals surface area contributed by atoms with Gasteiger partial charge in [-0.15, -0.1) is 0 Å². The molecule has 0 spiro atoms. The van der Waals surface area contributed by atoms with Crippen LogP contribution in [0.15, 0.2) is 108 Å². The Morgan fingerprint density at radius 2 is 1.36 bits per heavy atom. The van der Waals surface area contributed by atoms with Crippen molar-refractivity contribution >= 4 is 27.5 Å². The van der Waals surface area contributed by atoms with Gasteiger partial charge >= 0.3 is 0 Å². The number of rotatable bonds is 13. The number of hydrogen-bond donors (Lipinski definition) is 1. The molecule has 2 amide bonds. The summed E-state index contributed by atoms with van der Waals surface area (Å²) in [5, 5.41) is 3.06. The summed E-state index contributed by atoms with van der Waals surface area (Å²) in [5.74, 6) is -0.256. The largest absolute Gasteiger partial charge is 0.494 e. The molecular weight excluding hydrogens is 611 g/mol. The number of aryl methyl sites for hydroxylation is 2. The summed E-state index contributed by atoms with van der Waals surface area (Å²) in [6.07, 6.45) is 0.244. The Labute approximate surface area is 279 Å². The van der Waals surface area contributed by atoms with Crippen LogP contribution >= 0.6 is 0 Å². The number of benzene rings is 4. The third-order valence-corrected chi connectivity index (χ3v) is 9.35. The lowest BCUT2D eigenvalue weighted by Gasteiger charge is -2.35. The van der Waals surface area contributed by atoms with Gasteiger partial charge in [-0.2, -0.15) is 0 Å². The second-order valence-electron chi connectivity index (χ2n) is 12.7. The lowest BCUT2D eigenvalue weighted by Crippen LogP contribution is -2.56. The first-order valence-corrected chi connectivity index (χ1v) is 17.2. The molecule has 4 aromatic rings. The molecule has 0 aliphatic carbocycles. The Bertz CT molecular complexity index is 1730. The number of hydrogen-bond acceptors (Lipinski definition) is 5. The number of carbonyl (C=O) groups is 2. The number of nitrogens with one attached hydrogen (secondary N) is 1. The molecular formula is C38H45N3O5S. The number of anilines is 1. The molecule has 0 fully saturated rings. The molecule has 0 radical (unpaired) electrons. The molecule has 0 heterocycles. The molecule has 47 heavy (non-hydrogen) atoms. The fourth-order valence-electron chi connectivity index (χ4n) is 5.14. The topological polar surface area (TPSA) is 96.0 Å². The Kier molecular flexibility index (Phi) is 11.5. The van der Waals surface area contributed by atoms with E-state index < -0.39 is 34.1 Å². The van der Waals surface area contributed by atoms with E-state index in [1.54, 1.807) is 36.4 Å². The van der Waals surface area contributed by atoms with Crippen molar-refractivity contribution in [3.05, 3.63) is 125 Å². The van der Waals surface area contributed by atoms with Crippen LogP contribution in [0.3, 0.4) is 0 Å². The number of nitrogens with zero attached hydrogens (tertiary/aromatic N) is 2. The smallest absolute Gasteiger partial charge is 0.264 e. The van der Waals surface area contributed by atoms with E-state index in [-0.39, 0.29) is 23.8 Å². The van der Waals surface area contributed by atoms with Crippen LogP contribution in [0, 0.1) is 13.8 Å². The van der Waals surface area contributed by atoms with Gasteiger partial charge in [0.2, 0.25) is 11.8 Å². The highest BCUT2D eigenvalue weighted by molar-refractivity contribution is 7.92. The Hall–Kier alpha value is -4.63. The summed E-state index contributed by atoms with van der Waals surface area (Å²) in [4.78, 5) is 30.2. The second kappa shape index (κ2) is 15.3. The second-order valence-corrected chi connectivity index (χ2v) is 14.6. The molecule has 9 heteroatoms. The third-order valence-electron chi connectivity index (χ3n) is 7.57. The SMILES string of the molecule is CCOc1ccc(N(CC(=O)N(Cc2ccc(C)cc2)[C@H](Cc2ccccc2)C(=O)NC(C)(C)C)S(=O)(=O)c2ccc(C)cc2)cc1. The van der Waals surface area contributed by atoms with Crippen LogP contribution in [0.1, 0.15) is 49.9 Å². The maximum atomic E-state index is 14.6. The van der Waals surface area contributed by atoms with Crippen molar-refractivity contribution in [2.45, 2.75) is 71.0 Å². The van der Waals surface area contributed by atoms with Crippen LogP contribution in [0.25, 0.3) is 0 Å². The first-order chi connectivity index (χ1) is 22.3. The van der Waals surface area contributed by atoms with Gasteiger partial charge in [0.1, 0.15) is 18.3 Å². The monoisotopic (exact) mass is 655 g/mol. The average Bonchev–Trinajstić information content (AvgIpc) is 3.03. The molecule has 4 aromatic carbocycles. The van der Waals surface area contributed by atoms with Crippen molar-refractivity contribution in [1.29, 1.82) is 0 Å². The van der Waals surface area contributed by atoms with Crippen LogP contribution in [0.4, 0.5) is 5.69 Å². The average molecular weight is 656 g/mol. The van der Waals surface area contributed by atoms with Crippen molar-refractivity contribution in [2.75, 3.05) is 17.5 Å². The standard InChI is InChI=1S/C38H45N3O5S/c1-7-46-33-21-19-32(20-22-33)41(47(44,45)34-23-15-29(3)16-24-34)27-36(42)40(26-31-17-13-28(2)14-18-31)35(37(43)39-38(4,5)6)25-30-11-9-8-10-12-30/h8-24,35H,7,25-27H2,1-6H3,(H,39,43)/t35-/m1/s1. The molecule has 0 aromatic heterocycles. The molecule has 0 bridgehead atoms. The van der Waals surface area contributed by atoms with Gasteiger partial charge in [-0.3, -0.25) is 13.9 Å². The zero-order valence-corrected chi connectivity index (χ0v) is 28.9. The Morgan fingerprint density at radius 1 is 0.787 bits per heavy atom. The highest BCUT2D eigenvalue weighted by atomic mass is 32.2. The van der Waals surface area contributed by atoms with Gasteiger partial charge in [-0.1, -0.05) is 77.9 Å². The molecule has 0 aliphatic rings. The number of sulfonamides is 1. The van der Waals surface area contributed by atoms with E-state index in [2.05, 4.69) is 5.32 Å². The van der Waals surface area contributed by atoms with E-state index in [0.717, 1.165) is 26.6 Å². The van der Waals surface area contributed by atoms with Crippen molar-refractivity contribution < 1.29 is 22.7 Å². The summed E-state index contributed by atoms with van der Waals surface area (Å²) in [6.45, 7) is 11.4. The van der Waals surface area contributed by atoms with Crippen LogP contribution in [0.2, 0.25) is 0 Å². The molecule has 0 saturated heterocycles. The third kappa shape index (κ3) is 9.68. The highest BCUT2D eigenvalue weighted by Gasteiger charge is 2.35. The minimum absolute atomic E-state index is 0.0566. The first-order valence-electron chi connectivity index (χ1n) is 15.8. The summed E-state index contributed by atoms with van der Waals surface area (Å²) in [7, 11) is -4.19. The molecule has 1 atom stereocenters. The van der Waals surface area contributed by atoms with Crippen LogP contribution < -0.4 is 14.4 Å². The number of carbonyl (C=O) groups excluding carboxylic acids is 2. The van der Waals surface area contributed by atoms with Crippen molar-refractivity contribution in [3.8, 4) is 5.75 Å². The van der Waals surface area contributed by atoms with Crippen LogP contribution in [-0.4, -0.2) is 49.9 Å². The Morgan fingerprint density at radius 3 is 1.91 bits per heavy atom. The van der Waals surface area contributed by atoms with Gasteiger partial charge in [0.25, 0.3) is 10.0 Å². The molecule has 1 N–H and O–H groups in total. The normalized spacial score (nSPS) is 12.2. The predicted molar refractivity (Wildman–Crippen MR) is 187 cm³/mol. The summed E-state index contributed by atoms with van der Waals surface area (Å²) in [5.41, 5.74) is 3.40. The van der Waals surface area contributed by atoms with E-state index >= 15 is 0 Å². The van der Waals surface area contributed by atoms with E-state index in [4.69, 9.17) is 4.74 Å². The summed E-state index contributed by atoms with van der Waals surface area (Å²) < 4.78 is 35.2. The van der Waals surface area contributed by atoms with Gasteiger partial charge < -0.3 is 15.0 Å². The molecule has 4 rings (SSSR count). The van der Waals surface area contributed by atoms with E-state index in [9.17, 15) is 18.0 Å². The van der Waals surface area contributed by atoms with Crippen molar-refractivity contribution in [1.82, 2.24) is 10.2 Å². The molecule has 248 valence electrons. The fourth-order valence-corrected chi connectivity index (χ4v) is 6.55. The zero-order valence-electron chi connectivity index (χ0n) is 28.1. The van der Waals surface area contributed by atoms with E-state index in [0.29, 0.717) is 18.0 Å². The highest BCUT2D eigenvalue weighted by Crippen LogP contribution is 2.27. The quantitative estimate of drug-likeness (QED) is 0.179. The molecule has 0 saturated carbocycles. The first kappa shape index (κ1) is 35.2. The van der Waals surface area contributed by atoms with Gasteiger partial charge in [0.15, 0.2) is 0 Å². The van der Waals surface area contributed by atoms with Crippen LogP contribution in [0.5, 0.6) is 5.75 Å². The predicted octanol–water partition coefficient (Wildman–Crippen LogP) is 6.45. The van der Waals surface area contributed by atoms with Crippen molar-refractivity contribution in [3.63, 3.8) is 0 Å². The summed E-state index contributed by atoms with van der Waals surface area (Å²) >= 11 is 0. The molecule has 0 unspecified atom stereocenters. The summed E-state index contributed by atoms with van der Waals surface area (Å²) in [6, 6.07) is 29.5. The van der Waals surface area contributed by atoms with Gasteiger partial charge in [-0.25, -0.2) is 8.42 Å². The van der Waals surface area contributed by atoms with Crippen LogP contribution in [-0.2, 0) is 32.6 Å². The Balaban J connectivity index is 1.81. The van der Waals surface area contributed by atoms with Gasteiger partial charge in [0, 0.05) is 18.5 Å². The van der Waals surface area contributed by atoms with Crippen molar-refractivity contribution in [2.24, 2.45) is 0 Å². The van der Waals surface area contributed by atoms with Gasteiger partial charge in [-0.05, 0) is 89.1 Å². The fraction of sp³-hybridized carbons (Fsp3) is 0.316. The lowest BCUT2D eigenvalue weighted by atomic mass is 10.0. The maximum Gasteiger partial charge on any atom is 0.264 e.